The molecule has 2 aromatic rings. The van der Waals surface area contributed by atoms with Crippen molar-refractivity contribution in [2.45, 2.75) is 135 Å². The van der Waals surface area contributed by atoms with Crippen molar-refractivity contribution in [1.82, 2.24) is 35.4 Å². The molecule has 3 N–H and O–H groups in total. The first-order valence-electron chi connectivity index (χ1n) is 19.2. The van der Waals surface area contributed by atoms with E-state index in [2.05, 4.69) is 20.9 Å². The molecule has 286 valence electrons. The lowest BCUT2D eigenvalue weighted by Crippen LogP contribution is -2.58. The molecule has 2 bridgehead atoms. The third kappa shape index (κ3) is 10.3. The van der Waals surface area contributed by atoms with E-state index in [0.29, 0.717) is 18.8 Å². The Labute approximate surface area is 306 Å². The van der Waals surface area contributed by atoms with Crippen LogP contribution in [0.2, 0.25) is 0 Å². The van der Waals surface area contributed by atoms with Crippen molar-refractivity contribution in [2.75, 3.05) is 20.1 Å². The molecule has 1 aromatic heterocycles. The van der Waals surface area contributed by atoms with Gasteiger partial charge in [-0.15, -0.1) is 5.10 Å². The zero-order valence-corrected chi connectivity index (χ0v) is 30.9. The third-order valence-corrected chi connectivity index (χ3v) is 10.6. The second kappa shape index (κ2) is 18.6. The number of aryl methyl sites for hydroxylation is 1. The Bertz CT molecular complexity index is 1530. The Morgan fingerprint density at radius 3 is 2.44 bits per heavy atom. The number of carbonyl (C=O) groups excluding carboxylic acids is 4. The van der Waals surface area contributed by atoms with Crippen LogP contribution in [0.4, 0.5) is 4.39 Å². The number of aromatic nitrogens is 3. The Kier molecular flexibility index (Phi) is 14.0. The summed E-state index contributed by atoms with van der Waals surface area (Å²) in [6.45, 7) is 4.91. The zero-order valence-electron chi connectivity index (χ0n) is 30.9. The third-order valence-electron chi connectivity index (χ3n) is 10.6. The van der Waals surface area contributed by atoms with Crippen LogP contribution in [-0.2, 0) is 27.5 Å². The predicted molar refractivity (Wildman–Crippen MR) is 191 cm³/mol. The molecule has 0 radical (unpaired) electrons. The van der Waals surface area contributed by atoms with E-state index in [9.17, 15) is 28.7 Å². The SMILES string of the molecule is CC(C)C[C@H]1NC(=O)c2ccc(F)cc2OCc2cn(nn2)CCCCCCCCNC(=O)[C@H](C2CCCCC2)N(C)C(=O)[C@H]2C[C@H](O)CN2C1=O. The summed E-state index contributed by atoms with van der Waals surface area (Å²) in [5.74, 6) is -2.38. The number of hydrogen-bond donors (Lipinski definition) is 3. The maximum atomic E-state index is 14.4. The highest BCUT2D eigenvalue weighted by Crippen LogP contribution is 2.31. The molecule has 0 spiro atoms. The average Bonchev–Trinajstić information content (AvgIpc) is 3.75. The molecule has 14 heteroatoms. The Morgan fingerprint density at radius 2 is 1.69 bits per heavy atom. The molecule has 3 aliphatic rings. The largest absolute Gasteiger partial charge is 0.486 e. The summed E-state index contributed by atoms with van der Waals surface area (Å²) in [5.41, 5.74) is 0.554. The lowest BCUT2D eigenvalue weighted by molar-refractivity contribution is -0.149. The van der Waals surface area contributed by atoms with E-state index in [4.69, 9.17) is 4.74 Å². The number of nitrogens with zero attached hydrogens (tertiary/aromatic N) is 5. The maximum absolute atomic E-state index is 14.4. The van der Waals surface area contributed by atoms with Gasteiger partial charge in [-0.3, -0.25) is 23.9 Å². The molecule has 4 atom stereocenters. The normalized spacial score (nSPS) is 25.7. The Hall–Kier alpha value is -4.07. The zero-order chi connectivity index (χ0) is 37.2. The van der Waals surface area contributed by atoms with Gasteiger partial charge in [-0.05, 0) is 56.1 Å². The highest BCUT2D eigenvalue weighted by Gasteiger charge is 2.45. The molecule has 1 aliphatic carbocycles. The summed E-state index contributed by atoms with van der Waals surface area (Å²) >= 11 is 0. The van der Waals surface area contributed by atoms with Gasteiger partial charge in [-0.25, -0.2) is 4.39 Å². The number of halogens is 1. The Balaban J connectivity index is 1.42. The quantitative estimate of drug-likeness (QED) is 0.429. The number of nitrogens with one attached hydrogen (secondary N) is 2. The second-order valence-corrected chi connectivity index (χ2v) is 15.2. The summed E-state index contributed by atoms with van der Waals surface area (Å²) in [7, 11) is 1.63. The van der Waals surface area contributed by atoms with Crippen molar-refractivity contribution in [3.8, 4) is 5.75 Å². The minimum atomic E-state index is -1.05. The molecule has 4 amide bonds. The van der Waals surface area contributed by atoms with Crippen molar-refractivity contribution in [3.05, 3.63) is 41.5 Å². The number of rotatable bonds is 3. The number of benzene rings is 1. The number of fused-ring (bicyclic) bond motifs is 4. The van der Waals surface area contributed by atoms with E-state index < -0.39 is 47.8 Å². The van der Waals surface area contributed by atoms with Crippen molar-refractivity contribution in [2.24, 2.45) is 11.8 Å². The second-order valence-electron chi connectivity index (χ2n) is 15.2. The van der Waals surface area contributed by atoms with E-state index in [1.54, 1.807) is 17.9 Å². The predicted octanol–water partition coefficient (Wildman–Crippen LogP) is 3.98. The Morgan fingerprint density at radius 1 is 0.981 bits per heavy atom. The fourth-order valence-electron chi connectivity index (χ4n) is 7.84. The highest BCUT2D eigenvalue weighted by atomic mass is 19.1. The highest BCUT2D eigenvalue weighted by molar-refractivity contribution is 6.00. The number of aliphatic hydroxyl groups excluding tert-OH is 1. The number of hydrogen-bond acceptors (Lipinski definition) is 8. The summed E-state index contributed by atoms with van der Waals surface area (Å²) in [6.07, 6.45) is 11.6. The van der Waals surface area contributed by atoms with Crippen LogP contribution in [0.5, 0.6) is 5.75 Å². The van der Waals surface area contributed by atoms with Crippen LogP contribution in [0.1, 0.15) is 113 Å². The van der Waals surface area contributed by atoms with E-state index in [1.807, 2.05) is 13.8 Å². The molecule has 0 unspecified atom stereocenters. The molecular formula is C38H56FN7O6. The number of ether oxygens (including phenoxy) is 1. The van der Waals surface area contributed by atoms with Gasteiger partial charge in [0.1, 0.15) is 42.0 Å². The molecule has 52 heavy (non-hydrogen) atoms. The fourth-order valence-corrected chi connectivity index (χ4v) is 7.84. The van der Waals surface area contributed by atoms with Crippen LogP contribution in [0.3, 0.4) is 0 Å². The van der Waals surface area contributed by atoms with Crippen LogP contribution < -0.4 is 15.4 Å². The number of amides is 4. The van der Waals surface area contributed by atoms with Gasteiger partial charge >= 0.3 is 0 Å². The lowest BCUT2D eigenvalue weighted by atomic mass is 9.82. The summed E-state index contributed by atoms with van der Waals surface area (Å²) in [5, 5.41) is 25.1. The van der Waals surface area contributed by atoms with Gasteiger partial charge in [-0.2, -0.15) is 0 Å². The van der Waals surface area contributed by atoms with Crippen LogP contribution >= 0.6 is 0 Å². The first-order valence-corrected chi connectivity index (χ1v) is 19.2. The summed E-state index contributed by atoms with van der Waals surface area (Å²) in [4.78, 5) is 59.0. The molecule has 1 aromatic carbocycles. The first kappa shape index (κ1) is 39.1. The van der Waals surface area contributed by atoms with Crippen molar-refractivity contribution in [1.29, 1.82) is 0 Å². The molecule has 5 rings (SSSR count). The topological polar surface area (TPSA) is 159 Å². The molecule has 1 saturated carbocycles. The van der Waals surface area contributed by atoms with E-state index in [-0.39, 0.29) is 55.0 Å². The van der Waals surface area contributed by atoms with Crippen molar-refractivity contribution >= 4 is 23.6 Å². The van der Waals surface area contributed by atoms with Gasteiger partial charge in [-0.1, -0.05) is 64.0 Å². The molecule has 3 heterocycles. The van der Waals surface area contributed by atoms with Crippen LogP contribution in [-0.4, -0.2) is 97.9 Å². The number of likely N-dealkylation sites (N-methyl/N-ethyl adjacent to an activating group) is 1. The maximum Gasteiger partial charge on any atom is 0.255 e. The van der Waals surface area contributed by atoms with Gasteiger partial charge in [0.25, 0.3) is 5.91 Å². The number of aliphatic hydroxyl groups is 1. The van der Waals surface area contributed by atoms with Crippen LogP contribution in [0, 0.1) is 17.7 Å². The molecule has 13 nitrogen and oxygen atoms in total. The minimum Gasteiger partial charge on any atom is -0.486 e. The minimum absolute atomic E-state index is 0.00816. The van der Waals surface area contributed by atoms with Gasteiger partial charge in [0, 0.05) is 39.2 Å². The van der Waals surface area contributed by atoms with Crippen LogP contribution in [0.25, 0.3) is 0 Å². The molecule has 1 saturated heterocycles. The monoisotopic (exact) mass is 725 g/mol. The standard InChI is InChI=1S/C38H56FN7O6/c1-25(2)19-31-37(50)46-23-29(47)21-32(46)38(51)44(3)34(26-13-9-8-10-14-26)36(49)40-17-11-6-4-5-7-12-18-45-22-28(42-43-45)24-52-33-20-27(39)15-16-30(33)35(48)41-31/h15-16,20,22,25-26,29,31-32,34,47H,4-14,17-19,21,23-24H2,1-3H3,(H,40,49)(H,41,48)/t29-,31+,32+,34-/m0/s1. The molecule has 2 aliphatic heterocycles. The summed E-state index contributed by atoms with van der Waals surface area (Å²) in [6, 6.07) is 0.827. The van der Waals surface area contributed by atoms with Gasteiger partial charge < -0.3 is 30.3 Å². The summed E-state index contributed by atoms with van der Waals surface area (Å²) < 4.78 is 22.1. The van der Waals surface area contributed by atoms with Gasteiger partial charge in [0.2, 0.25) is 17.7 Å². The van der Waals surface area contributed by atoms with E-state index in [0.717, 1.165) is 82.8 Å². The smallest absolute Gasteiger partial charge is 0.255 e. The molecular weight excluding hydrogens is 669 g/mol. The van der Waals surface area contributed by atoms with Gasteiger partial charge in [0.05, 0.1) is 17.9 Å². The molecule has 2 fully saturated rings. The fraction of sp³-hybridized carbons (Fsp3) is 0.684. The van der Waals surface area contributed by atoms with Crippen molar-refractivity contribution in [3.63, 3.8) is 0 Å². The lowest BCUT2D eigenvalue weighted by Gasteiger charge is -2.38. The van der Waals surface area contributed by atoms with E-state index in [1.165, 1.54) is 15.9 Å². The van der Waals surface area contributed by atoms with Gasteiger partial charge in [0.15, 0.2) is 0 Å². The van der Waals surface area contributed by atoms with E-state index >= 15 is 0 Å². The number of carbonyl (C=O) groups is 4. The first-order chi connectivity index (χ1) is 25.0. The van der Waals surface area contributed by atoms with Crippen LogP contribution in [0.15, 0.2) is 24.4 Å². The average molecular weight is 726 g/mol. The van der Waals surface area contributed by atoms with Crippen molar-refractivity contribution < 1.29 is 33.4 Å².